The molecule has 15 heavy (non-hydrogen) atoms. The lowest BCUT2D eigenvalue weighted by atomic mass is 10.3. The molecule has 0 aliphatic heterocycles. The summed E-state index contributed by atoms with van der Waals surface area (Å²) in [7, 11) is 2.98. The first-order valence-electron chi connectivity index (χ1n) is 4.28. The van der Waals surface area contributed by atoms with Gasteiger partial charge in [-0.25, -0.2) is 4.79 Å². The first-order valence-corrected chi connectivity index (χ1v) is 5.22. The van der Waals surface area contributed by atoms with Crippen LogP contribution in [-0.4, -0.2) is 32.6 Å². The van der Waals surface area contributed by atoms with Gasteiger partial charge in [-0.2, -0.15) is 0 Å². The summed E-state index contributed by atoms with van der Waals surface area (Å²) >= 11 is 1.33. The number of carbonyl (C=O) groups excluding carboxylic acids is 2. The highest BCUT2D eigenvalue weighted by Gasteiger charge is 2.14. The molecule has 5 nitrogen and oxygen atoms in total. The van der Waals surface area contributed by atoms with Gasteiger partial charge >= 0.3 is 5.97 Å². The van der Waals surface area contributed by atoms with Crippen LogP contribution in [0.1, 0.15) is 10.4 Å². The zero-order valence-corrected chi connectivity index (χ0v) is 9.31. The average Bonchev–Trinajstić information content (AvgIpc) is 2.65. The Morgan fingerprint density at radius 1 is 1.47 bits per heavy atom. The quantitative estimate of drug-likeness (QED) is 0.744. The van der Waals surface area contributed by atoms with Crippen LogP contribution in [-0.2, 0) is 9.53 Å². The van der Waals surface area contributed by atoms with Crippen molar-refractivity contribution in [2.24, 2.45) is 0 Å². The van der Waals surface area contributed by atoms with Crippen LogP contribution in [0.25, 0.3) is 0 Å². The minimum atomic E-state index is -0.448. The number of esters is 1. The molecule has 1 aromatic heterocycles. The fourth-order valence-corrected chi connectivity index (χ4v) is 1.77. The standard InChI is InChI=1S/C9H12N2O3S/c1-10-3-8(12)11-7-5-15-4-6(7)9(13)14-2/h4-5,10H,3H2,1-2H3,(H,11,12). The Balaban J connectivity index is 2.73. The lowest BCUT2D eigenvalue weighted by molar-refractivity contribution is -0.115. The molecule has 2 N–H and O–H groups in total. The van der Waals surface area contributed by atoms with Gasteiger partial charge in [-0.1, -0.05) is 0 Å². The largest absolute Gasteiger partial charge is 0.465 e. The summed E-state index contributed by atoms with van der Waals surface area (Å²) in [5.74, 6) is -0.642. The molecular formula is C9H12N2O3S. The zero-order chi connectivity index (χ0) is 11.3. The van der Waals surface area contributed by atoms with Crippen molar-refractivity contribution in [2.75, 3.05) is 26.0 Å². The first kappa shape index (κ1) is 11.7. The molecule has 0 saturated carbocycles. The van der Waals surface area contributed by atoms with Gasteiger partial charge in [0.2, 0.25) is 5.91 Å². The third kappa shape index (κ3) is 3.03. The van der Waals surface area contributed by atoms with Crippen LogP contribution in [0.15, 0.2) is 10.8 Å². The van der Waals surface area contributed by atoms with E-state index in [1.165, 1.54) is 18.4 Å². The van der Waals surface area contributed by atoms with Crippen molar-refractivity contribution in [3.05, 3.63) is 16.3 Å². The van der Waals surface area contributed by atoms with E-state index in [0.717, 1.165) is 0 Å². The molecule has 6 heteroatoms. The maximum atomic E-state index is 11.3. The summed E-state index contributed by atoms with van der Waals surface area (Å²) in [5, 5.41) is 8.67. The Labute approximate surface area is 91.4 Å². The van der Waals surface area contributed by atoms with E-state index in [1.54, 1.807) is 17.8 Å². The Hall–Kier alpha value is -1.40. The molecule has 1 heterocycles. The number of rotatable bonds is 4. The van der Waals surface area contributed by atoms with Crippen LogP contribution in [0, 0.1) is 0 Å². The summed E-state index contributed by atoms with van der Waals surface area (Å²) in [6.45, 7) is 0.205. The lowest BCUT2D eigenvalue weighted by Gasteiger charge is -2.04. The van der Waals surface area contributed by atoms with E-state index in [9.17, 15) is 9.59 Å². The molecule has 0 unspecified atom stereocenters. The van der Waals surface area contributed by atoms with E-state index < -0.39 is 5.97 Å². The molecule has 82 valence electrons. The zero-order valence-electron chi connectivity index (χ0n) is 8.49. The van der Waals surface area contributed by atoms with Gasteiger partial charge in [-0.05, 0) is 7.05 Å². The van der Waals surface area contributed by atoms with Gasteiger partial charge in [0.1, 0.15) is 0 Å². The highest BCUT2D eigenvalue weighted by molar-refractivity contribution is 7.08. The molecule has 0 atom stereocenters. The molecule has 1 rings (SSSR count). The molecule has 0 fully saturated rings. The van der Waals surface area contributed by atoms with Crippen molar-refractivity contribution in [2.45, 2.75) is 0 Å². The summed E-state index contributed by atoms with van der Waals surface area (Å²) in [5.41, 5.74) is 0.874. The minimum Gasteiger partial charge on any atom is -0.465 e. The first-order chi connectivity index (χ1) is 7.19. The second-order valence-corrected chi connectivity index (χ2v) is 3.51. The van der Waals surface area contributed by atoms with Crippen LogP contribution in [0.3, 0.4) is 0 Å². The second-order valence-electron chi connectivity index (χ2n) is 2.77. The molecule has 1 aromatic rings. The highest BCUT2D eigenvalue weighted by Crippen LogP contribution is 2.21. The molecule has 0 radical (unpaired) electrons. The van der Waals surface area contributed by atoms with Gasteiger partial charge in [-0.15, -0.1) is 11.3 Å². The average molecular weight is 228 g/mol. The fourth-order valence-electron chi connectivity index (χ4n) is 1.02. The van der Waals surface area contributed by atoms with Gasteiger partial charge in [0.25, 0.3) is 0 Å². The van der Waals surface area contributed by atoms with Crippen LogP contribution < -0.4 is 10.6 Å². The van der Waals surface area contributed by atoms with Gasteiger partial charge < -0.3 is 15.4 Å². The summed E-state index contributed by atoms with van der Waals surface area (Å²) in [6, 6.07) is 0. The number of hydrogen-bond acceptors (Lipinski definition) is 5. The maximum absolute atomic E-state index is 11.3. The number of hydrogen-bond donors (Lipinski definition) is 2. The van der Waals surface area contributed by atoms with E-state index in [1.807, 2.05) is 0 Å². The monoisotopic (exact) mass is 228 g/mol. The Morgan fingerprint density at radius 3 is 2.80 bits per heavy atom. The number of likely N-dealkylation sites (N-methyl/N-ethyl adjacent to an activating group) is 1. The predicted octanol–water partition coefficient (Wildman–Crippen LogP) is 0.693. The molecule has 0 saturated heterocycles. The third-order valence-corrected chi connectivity index (χ3v) is 2.42. The van der Waals surface area contributed by atoms with Crippen molar-refractivity contribution < 1.29 is 14.3 Å². The van der Waals surface area contributed by atoms with E-state index in [0.29, 0.717) is 11.3 Å². The smallest absolute Gasteiger partial charge is 0.340 e. The fraction of sp³-hybridized carbons (Fsp3) is 0.333. The number of carbonyl (C=O) groups is 2. The van der Waals surface area contributed by atoms with Crippen molar-refractivity contribution in [1.82, 2.24) is 5.32 Å². The van der Waals surface area contributed by atoms with Crippen molar-refractivity contribution in [3.8, 4) is 0 Å². The normalized spacial score (nSPS) is 9.73. The van der Waals surface area contributed by atoms with Crippen molar-refractivity contribution >= 4 is 28.9 Å². The van der Waals surface area contributed by atoms with Crippen molar-refractivity contribution in [3.63, 3.8) is 0 Å². The SMILES string of the molecule is CNCC(=O)Nc1cscc1C(=O)OC. The van der Waals surface area contributed by atoms with Gasteiger partial charge in [0, 0.05) is 10.8 Å². The van der Waals surface area contributed by atoms with E-state index >= 15 is 0 Å². The molecule has 0 aliphatic carbocycles. The second kappa shape index (κ2) is 5.47. The topological polar surface area (TPSA) is 67.4 Å². The summed E-state index contributed by atoms with van der Waals surface area (Å²) in [4.78, 5) is 22.5. The van der Waals surface area contributed by atoms with E-state index in [4.69, 9.17) is 0 Å². The number of amides is 1. The minimum absolute atomic E-state index is 0.193. The Kier molecular flexibility index (Phi) is 4.26. The molecule has 0 bridgehead atoms. The Morgan fingerprint density at radius 2 is 2.20 bits per heavy atom. The summed E-state index contributed by atoms with van der Waals surface area (Å²) in [6.07, 6.45) is 0. The Bertz CT molecular complexity index is 362. The van der Waals surface area contributed by atoms with Crippen molar-refractivity contribution in [1.29, 1.82) is 0 Å². The summed E-state index contributed by atoms with van der Waals surface area (Å²) < 4.78 is 4.58. The number of nitrogens with one attached hydrogen (secondary N) is 2. The van der Waals surface area contributed by atoms with Crippen LogP contribution in [0.5, 0.6) is 0 Å². The number of ether oxygens (including phenoxy) is 1. The van der Waals surface area contributed by atoms with Gasteiger partial charge in [0.15, 0.2) is 0 Å². The third-order valence-electron chi connectivity index (χ3n) is 1.68. The van der Waals surface area contributed by atoms with Crippen LogP contribution in [0.2, 0.25) is 0 Å². The van der Waals surface area contributed by atoms with Gasteiger partial charge in [0.05, 0.1) is 24.9 Å². The number of methoxy groups -OCH3 is 1. The number of thiophene rings is 1. The molecule has 0 spiro atoms. The molecule has 1 amide bonds. The lowest BCUT2D eigenvalue weighted by Crippen LogP contribution is -2.25. The van der Waals surface area contributed by atoms with E-state index in [2.05, 4.69) is 15.4 Å². The highest BCUT2D eigenvalue weighted by atomic mass is 32.1. The van der Waals surface area contributed by atoms with Crippen LogP contribution in [0.4, 0.5) is 5.69 Å². The molecular weight excluding hydrogens is 216 g/mol. The predicted molar refractivity (Wildman–Crippen MR) is 58.2 cm³/mol. The molecule has 0 aromatic carbocycles. The van der Waals surface area contributed by atoms with E-state index in [-0.39, 0.29) is 12.5 Å². The maximum Gasteiger partial charge on any atom is 0.340 e. The van der Waals surface area contributed by atoms with Gasteiger partial charge in [-0.3, -0.25) is 4.79 Å². The van der Waals surface area contributed by atoms with Crippen LogP contribution >= 0.6 is 11.3 Å². The molecule has 0 aliphatic rings. The number of anilines is 1.